The highest BCUT2D eigenvalue weighted by Gasteiger charge is 1.24. The van der Waals surface area contributed by atoms with Crippen molar-refractivity contribution in [3.8, 4) is 0 Å². The van der Waals surface area contributed by atoms with Crippen LogP contribution in [0.2, 0.25) is 0 Å². The first-order valence-corrected chi connectivity index (χ1v) is 0.813. The van der Waals surface area contributed by atoms with Crippen molar-refractivity contribution in [2.24, 2.45) is 0 Å². The van der Waals surface area contributed by atoms with Gasteiger partial charge in [0.15, 0.2) is 0 Å². The van der Waals surface area contributed by atoms with E-state index in [1.807, 2.05) is 0 Å². The minimum absolute atomic E-state index is 0. The molecule has 0 heterocycles. The molecule has 26 valence electrons. The van der Waals surface area contributed by atoms with Crippen molar-refractivity contribution in [2.75, 3.05) is 0 Å². The number of carbonyl (C=O) groups excluding carboxylic acids is 1. The van der Waals surface area contributed by atoms with Crippen molar-refractivity contribution < 1.29 is 10.3 Å². The molecule has 0 fully saturated rings. The van der Waals surface area contributed by atoms with E-state index in [-0.39, 0.29) is 5.48 Å². The monoisotopic (exact) mass is 62.0 g/mol. The van der Waals surface area contributed by atoms with Gasteiger partial charge in [-0.3, -0.25) is 0 Å². The maximum absolute atomic E-state index is 8.81. The summed E-state index contributed by atoms with van der Waals surface area (Å²) in [6.07, 6.45) is 0.750. The molecule has 0 bridgehead atoms. The Bertz CT molecular complexity index is 11.5. The van der Waals surface area contributed by atoms with E-state index < -0.39 is 0 Å². The third kappa shape index (κ3) is 4.73. The molecule has 0 atom stereocenters. The van der Waals surface area contributed by atoms with Crippen LogP contribution in [0.3, 0.4) is 0 Å². The summed E-state index contributed by atoms with van der Waals surface area (Å²) >= 11 is 0. The Morgan fingerprint density at radius 2 is 1.75 bits per heavy atom. The van der Waals surface area contributed by atoms with Crippen molar-refractivity contribution >= 4 is 6.29 Å². The predicted octanol–water partition coefficient (Wildman–Crippen LogP) is -0.620. The summed E-state index contributed by atoms with van der Waals surface area (Å²) in [4.78, 5) is 8.81. The molecule has 0 spiro atoms. The normalized spacial score (nSPS) is 3.25. The summed E-state index contributed by atoms with van der Waals surface area (Å²) in [5.74, 6) is 0. The summed E-state index contributed by atoms with van der Waals surface area (Å²) in [6, 6.07) is 0. The lowest BCUT2D eigenvalue weighted by molar-refractivity contribution is -0.106. The number of rotatable bonds is 0. The van der Waals surface area contributed by atoms with Crippen molar-refractivity contribution in [1.82, 2.24) is 0 Å². The summed E-state index contributed by atoms with van der Waals surface area (Å²) in [5, 5.41) is 0. The van der Waals surface area contributed by atoms with Gasteiger partial charge in [-0.15, -0.1) is 0 Å². The van der Waals surface area contributed by atoms with Gasteiger partial charge in [-0.2, -0.15) is 0 Å². The first-order valence-electron chi connectivity index (χ1n) is 0.813. The number of hydrogen-bond acceptors (Lipinski definition) is 1. The zero-order valence-corrected chi connectivity index (χ0v) is 2.49. The predicted molar refractivity (Wildman–Crippen MR) is 15.4 cm³/mol. The van der Waals surface area contributed by atoms with E-state index >= 15 is 0 Å². The highest BCUT2D eigenvalue weighted by molar-refractivity contribution is 5.44. The molecule has 2 N–H and O–H groups in total. The molecule has 2 nitrogen and oxygen atoms in total. The molecule has 0 amide bonds. The van der Waals surface area contributed by atoms with E-state index in [4.69, 9.17) is 4.79 Å². The van der Waals surface area contributed by atoms with E-state index in [2.05, 4.69) is 0 Å². The Morgan fingerprint density at radius 3 is 1.75 bits per heavy atom. The van der Waals surface area contributed by atoms with Crippen LogP contribution in [0.25, 0.3) is 0 Å². The summed E-state index contributed by atoms with van der Waals surface area (Å²) in [7, 11) is 0. The van der Waals surface area contributed by atoms with Gasteiger partial charge in [0, 0.05) is 0 Å². The average Bonchev–Trinajstić information content (AvgIpc) is 0.918. The van der Waals surface area contributed by atoms with Gasteiger partial charge in [-0.05, 0) is 6.92 Å². The van der Waals surface area contributed by atoms with E-state index in [9.17, 15) is 0 Å². The fourth-order valence-corrected chi connectivity index (χ4v) is 0. The molecule has 0 rings (SSSR count). The highest BCUT2D eigenvalue weighted by atomic mass is 16.1. The van der Waals surface area contributed by atoms with Crippen LogP contribution in [0.4, 0.5) is 0 Å². The first kappa shape index (κ1) is 9.45. The molecular formula is C2H6O2. The van der Waals surface area contributed by atoms with Gasteiger partial charge >= 0.3 is 0 Å². The maximum atomic E-state index is 8.81. The molecule has 0 unspecified atom stereocenters. The lowest BCUT2D eigenvalue weighted by Crippen LogP contribution is -1.36. The van der Waals surface area contributed by atoms with E-state index in [0.29, 0.717) is 0 Å². The lowest BCUT2D eigenvalue weighted by Gasteiger charge is -1.23. The van der Waals surface area contributed by atoms with Crippen LogP contribution in [0, 0.1) is 0 Å². The molecule has 2 heteroatoms. The Kier molecular flexibility index (Phi) is 41.6. The molecule has 0 aromatic rings. The Labute approximate surface area is 24.7 Å². The maximum Gasteiger partial charge on any atom is 0.116 e. The van der Waals surface area contributed by atoms with Gasteiger partial charge in [0.05, 0.1) is 0 Å². The molecule has 0 aliphatic rings. The number of carbonyl (C=O) groups is 1. The highest BCUT2D eigenvalue weighted by Crippen LogP contribution is 1.13. The fraction of sp³-hybridized carbons (Fsp3) is 0.500. The second-order valence-corrected chi connectivity index (χ2v) is 0.236. The van der Waals surface area contributed by atoms with E-state index in [1.54, 1.807) is 0 Å². The third-order valence-electron chi connectivity index (χ3n) is 0. The Morgan fingerprint density at radius 1 is 1.75 bits per heavy atom. The van der Waals surface area contributed by atoms with Crippen LogP contribution in [0.1, 0.15) is 6.92 Å². The van der Waals surface area contributed by atoms with Gasteiger partial charge in [0.2, 0.25) is 0 Å². The van der Waals surface area contributed by atoms with E-state index in [1.165, 1.54) is 6.92 Å². The van der Waals surface area contributed by atoms with Gasteiger partial charge in [0.1, 0.15) is 6.29 Å². The zero-order chi connectivity index (χ0) is 2.71. The minimum Gasteiger partial charge on any atom is -0.412 e. The van der Waals surface area contributed by atoms with Crippen LogP contribution in [-0.2, 0) is 4.79 Å². The second-order valence-electron chi connectivity index (χ2n) is 0.236. The molecule has 0 saturated heterocycles. The Balaban J connectivity index is 0. The topological polar surface area (TPSA) is 48.6 Å². The number of hydrogen-bond donors (Lipinski definition) is 0. The molecular weight excluding hydrogens is 56.0 g/mol. The SMILES string of the molecule is CC=O.O. The molecule has 0 aliphatic heterocycles. The van der Waals surface area contributed by atoms with Gasteiger partial charge in [-0.1, -0.05) is 0 Å². The van der Waals surface area contributed by atoms with Crippen LogP contribution < -0.4 is 0 Å². The van der Waals surface area contributed by atoms with Crippen molar-refractivity contribution in [1.29, 1.82) is 0 Å². The average molecular weight is 62.1 g/mol. The van der Waals surface area contributed by atoms with E-state index in [0.717, 1.165) is 6.29 Å². The summed E-state index contributed by atoms with van der Waals surface area (Å²) in [5.41, 5.74) is 0. The fourth-order valence-electron chi connectivity index (χ4n) is 0. The summed E-state index contributed by atoms with van der Waals surface area (Å²) in [6.45, 7) is 1.44. The van der Waals surface area contributed by atoms with Gasteiger partial charge in [-0.25, -0.2) is 0 Å². The number of aldehydes is 1. The van der Waals surface area contributed by atoms with Crippen molar-refractivity contribution in [3.63, 3.8) is 0 Å². The molecule has 0 aliphatic carbocycles. The van der Waals surface area contributed by atoms with Crippen LogP contribution >= 0.6 is 0 Å². The largest absolute Gasteiger partial charge is 0.412 e. The van der Waals surface area contributed by atoms with Gasteiger partial charge in [0.25, 0.3) is 0 Å². The van der Waals surface area contributed by atoms with Crippen molar-refractivity contribution in [2.45, 2.75) is 6.92 Å². The van der Waals surface area contributed by atoms with Crippen LogP contribution in [-0.4, -0.2) is 11.8 Å². The molecule has 0 aromatic carbocycles. The first-order chi connectivity index (χ1) is 1.41. The second kappa shape index (κ2) is 17.6. The zero-order valence-electron chi connectivity index (χ0n) is 2.49. The smallest absolute Gasteiger partial charge is 0.116 e. The van der Waals surface area contributed by atoms with Crippen molar-refractivity contribution in [3.05, 3.63) is 0 Å². The summed E-state index contributed by atoms with van der Waals surface area (Å²) < 4.78 is 0. The minimum atomic E-state index is 0. The van der Waals surface area contributed by atoms with Crippen LogP contribution in [0.15, 0.2) is 0 Å². The van der Waals surface area contributed by atoms with Crippen LogP contribution in [0.5, 0.6) is 0 Å². The lowest BCUT2D eigenvalue weighted by atomic mass is 11.0. The molecule has 0 radical (unpaired) electrons. The third-order valence-corrected chi connectivity index (χ3v) is 0. The van der Waals surface area contributed by atoms with Gasteiger partial charge < -0.3 is 10.3 Å². The molecule has 0 saturated carbocycles. The molecule has 4 heavy (non-hydrogen) atoms. The standard InChI is InChI=1S/C2H4O.H2O/c1-2-3;/h2H,1H3;1H2. The quantitative estimate of drug-likeness (QED) is 0.345. The molecule has 0 aromatic heterocycles. The Hall–Kier alpha value is -0.370.